The number of rotatable bonds is 3. The van der Waals surface area contributed by atoms with Crippen molar-refractivity contribution in [1.29, 1.82) is 0 Å². The second-order valence-corrected chi connectivity index (χ2v) is 6.35. The maximum atomic E-state index is 13.1. The molecular formula is C17H20N4O2. The van der Waals surface area contributed by atoms with Crippen LogP contribution in [0, 0.1) is 6.92 Å². The molecule has 0 radical (unpaired) electrons. The maximum Gasteiger partial charge on any atom is 0.233 e. The molecule has 1 aromatic heterocycles. The van der Waals surface area contributed by atoms with Gasteiger partial charge in [-0.25, -0.2) is 0 Å². The molecule has 6 heteroatoms. The van der Waals surface area contributed by atoms with Gasteiger partial charge in [0.1, 0.15) is 11.6 Å². The number of ether oxygens (including phenoxy) is 1. The molecule has 6 nitrogen and oxygen atoms in total. The molecule has 4 rings (SSSR count). The van der Waals surface area contributed by atoms with Crippen molar-refractivity contribution >= 4 is 5.91 Å². The molecule has 0 bridgehead atoms. The lowest BCUT2D eigenvalue weighted by atomic mass is 9.94. The Morgan fingerprint density at radius 2 is 1.91 bits per heavy atom. The normalized spacial score (nSPS) is 18.4. The van der Waals surface area contributed by atoms with Crippen molar-refractivity contribution in [3.63, 3.8) is 0 Å². The summed E-state index contributed by atoms with van der Waals surface area (Å²) in [5.74, 6) is 2.84. The molecule has 120 valence electrons. The highest BCUT2D eigenvalue weighted by Gasteiger charge is 2.53. The van der Waals surface area contributed by atoms with E-state index in [0.717, 1.165) is 48.9 Å². The van der Waals surface area contributed by atoms with Crippen LogP contribution in [0.2, 0.25) is 0 Å². The van der Waals surface area contributed by atoms with Crippen LogP contribution in [0.25, 0.3) is 0 Å². The first-order chi connectivity index (χ1) is 11.1. The van der Waals surface area contributed by atoms with Crippen LogP contribution >= 0.6 is 0 Å². The van der Waals surface area contributed by atoms with Crippen LogP contribution in [0.5, 0.6) is 5.75 Å². The first-order valence-electron chi connectivity index (χ1n) is 7.97. The highest BCUT2D eigenvalue weighted by Crippen LogP contribution is 2.50. The predicted octanol–water partition coefficient (Wildman–Crippen LogP) is 1.67. The van der Waals surface area contributed by atoms with Crippen LogP contribution in [0.1, 0.15) is 30.1 Å². The third-order valence-corrected chi connectivity index (χ3v) is 5.03. The zero-order valence-electron chi connectivity index (χ0n) is 13.5. The molecule has 23 heavy (non-hydrogen) atoms. The van der Waals surface area contributed by atoms with Crippen molar-refractivity contribution in [3.05, 3.63) is 41.5 Å². The predicted molar refractivity (Wildman–Crippen MR) is 84.1 cm³/mol. The average molecular weight is 312 g/mol. The largest absolute Gasteiger partial charge is 0.497 e. The molecule has 1 fully saturated rings. The minimum atomic E-state index is -0.344. The number of carbonyl (C=O) groups excluding carboxylic acids is 1. The molecule has 0 unspecified atom stereocenters. The van der Waals surface area contributed by atoms with Gasteiger partial charge in [-0.3, -0.25) is 4.79 Å². The quantitative estimate of drug-likeness (QED) is 0.865. The topological polar surface area (TPSA) is 60.2 Å². The van der Waals surface area contributed by atoms with E-state index in [4.69, 9.17) is 4.74 Å². The van der Waals surface area contributed by atoms with E-state index in [-0.39, 0.29) is 11.3 Å². The van der Waals surface area contributed by atoms with Gasteiger partial charge >= 0.3 is 0 Å². The molecule has 1 aliphatic heterocycles. The third kappa shape index (κ3) is 2.20. The Balaban J connectivity index is 1.56. The van der Waals surface area contributed by atoms with Gasteiger partial charge in [-0.05, 0) is 37.5 Å². The minimum absolute atomic E-state index is 0.217. The number of nitrogens with zero attached hydrogens (tertiary/aromatic N) is 4. The lowest BCUT2D eigenvalue weighted by Gasteiger charge is -2.31. The van der Waals surface area contributed by atoms with E-state index in [2.05, 4.69) is 14.8 Å². The van der Waals surface area contributed by atoms with Gasteiger partial charge in [0.15, 0.2) is 5.82 Å². The number of carbonyl (C=O) groups is 1. The van der Waals surface area contributed by atoms with Gasteiger partial charge in [-0.2, -0.15) is 0 Å². The molecular weight excluding hydrogens is 292 g/mol. The SMILES string of the molecule is COc1ccc(C2(C(=O)N3CCn4c(C)nnc4C3)CC2)cc1. The van der Waals surface area contributed by atoms with Gasteiger partial charge in [0, 0.05) is 13.1 Å². The standard InChI is InChI=1S/C17H20N4O2/c1-12-18-19-15-11-20(9-10-21(12)15)16(22)17(7-8-17)13-3-5-14(23-2)6-4-13/h3-6H,7-11H2,1-2H3. The van der Waals surface area contributed by atoms with Crippen LogP contribution in [-0.4, -0.2) is 39.2 Å². The Bertz CT molecular complexity index is 746. The maximum absolute atomic E-state index is 13.1. The van der Waals surface area contributed by atoms with E-state index in [0.29, 0.717) is 6.54 Å². The van der Waals surface area contributed by atoms with Crippen molar-refractivity contribution in [2.45, 2.75) is 38.3 Å². The van der Waals surface area contributed by atoms with Crippen molar-refractivity contribution in [2.24, 2.45) is 0 Å². The first-order valence-corrected chi connectivity index (χ1v) is 7.97. The number of amides is 1. The summed E-state index contributed by atoms with van der Waals surface area (Å²) in [5, 5.41) is 8.30. The van der Waals surface area contributed by atoms with Crippen LogP contribution in [-0.2, 0) is 23.3 Å². The second kappa shape index (κ2) is 5.08. The number of hydrogen-bond acceptors (Lipinski definition) is 4. The van der Waals surface area contributed by atoms with Gasteiger partial charge in [0.2, 0.25) is 5.91 Å². The summed E-state index contributed by atoms with van der Waals surface area (Å²) in [7, 11) is 1.65. The van der Waals surface area contributed by atoms with E-state index in [1.165, 1.54) is 0 Å². The molecule has 0 saturated heterocycles. The van der Waals surface area contributed by atoms with Gasteiger partial charge < -0.3 is 14.2 Å². The Labute approximate surface area is 135 Å². The number of benzene rings is 1. The molecule has 1 saturated carbocycles. The summed E-state index contributed by atoms with van der Waals surface area (Å²) in [6.07, 6.45) is 1.83. The molecule has 0 N–H and O–H groups in total. The zero-order valence-corrected chi connectivity index (χ0v) is 13.5. The number of methoxy groups -OCH3 is 1. The Hall–Kier alpha value is -2.37. The van der Waals surface area contributed by atoms with Crippen LogP contribution in [0.3, 0.4) is 0 Å². The Morgan fingerprint density at radius 1 is 1.17 bits per heavy atom. The second-order valence-electron chi connectivity index (χ2n) is 6.35. The molecule has 0 spiro atoms. The lowest BCUT2D eigenvalue weighted by Crippen LogP contribution is -2.44. The van der Waals surface area contributed by atoms with E-state index in [1.807, 2.05) is 36.1 Å². The molecule has 1 aromatic carbocycles. The fourth-order valence-corrected chi connectivity index (χ4v) is 3.44. The van der Waals surface area contributed by atoms with Gasteiger partial charge in [-0.15, -0.1) is 10.2 Å². The van der Waals surface area contributed by atoms with Crippen LogP contribution in [0.4, 0.5) is 0 Å². The van der Waals surface area contributed by atoms with Crippen molar-refractivity contribution in [3.8, 4) is 5.75 Å². The zero-order chi connectivity index (χ0) is 16.0. The highest BCUT2D eigenvalue weighted by atomic mass is 16.5. The van der Waals surface area contributed by atoms with Gasteiger partial charge in [0.05, 0.1) is 19.1 Å². The Kier molecular flexibility index (Phi) is 3.14. The Morgan fingerprint density at radius 3 is 2.57 bits per heavy atom. The average Bonchev–Trinajstić information content (AvgIpc) is 3.33. The van der Waals surface area contributed by atoms with E-state index < -0.39 is 0 Å². The number of aryl methyl sites for hydroxylation is 1. The first kappa shape index (κ1) is 14.2. The molecule has 2 aliphatic rings. The van der Waals surface area contributed by atoms with Crippen LogP contribution < -0.4 is 4.74 Å². The lowest BCUT2D eigenvalue weighted by molar-refractivity contribution is -0.135. The fraction of sp³-hybridized carbons (Fsp3) is 0.471. The van der Waals surface area contributed by atoms with Gasteiger partial charge in [0.25, 0.3) is 0 Å². The van der Waals surface area contributed by atoms with E-state index in [1.54, 1.807) is 7.11 Å². The van der Waals surface area contributed by atoms with Crippen molar-refractivity contribution in [1.82, 2.24) is 19.7 Å². The van der Waals surface area contributed by atoms with E-state index in [9.17, 15) is 4.79 Å². The molecule has 0 atom stereocenters. The highest BCUT2D eigenvalue weighted by molar-refractivity contribution is 5.91. The van der Waals surface area contributed by atoms with E-state index >= 15 is 0 Å². The molecule has 1 amide bonds. The summed E-state index contributed by atoms with van der Waals surface area (Å²) in [6, 6.07) is 7.89. The summed E-state index contributed by atoms with van der Waals surface area (Å²) < 4.78 is 7.30. The minimum Gasteiger partial charge on any atom is -0.497 e. The van der Waals surface area contributed by atoms with Crippen molar-refractivity contribution < 1.29 is 9.53 Å². The number of fused-ring (bicyclic) bond motifs is 1. The van der Waals surface area contributed by atoms with Crippen LogP contribution in [0.15, 0.2) is 24.3 Å². The molecule has 2 aromatic rings. The summed E-state index contributed by atoms with van der Waals surface area (Å²) in [4.78, 5) is 15.0. The summed E-state index contributed by atoms with van der Waals surface area (Å²) in [6.45, 7) is 4.01. The summed E-state index contributed by atoms with van der Waals surface area (Å²) in [5.41, 5.74) is 0.746. The van der Waals surface area contributed by atoms with Gasteiger partial charge in [-0.1, -0.05) is 12.1 Å². The third-order valence-electron chi connectivity index (χ3n) is 5.03. The van der Waals surface area contributed by atoms with Crippen molar-refractivity contribution in [2.75, 3.05) is 13.7 Å². The fourth-order valence-electron chi connectivity index (χ4n) is 3.44. The number of hydrogen-bond donors (Lipinski definition) is 0. The summed E-state index contributed by atoms with van der Waals surface area (Å²) >= 11 is 0. The molecule has 2 heterocycles. The number of aromatic nitrogens is 3. The molecule has 1 aliphatic carbocycles. The smallest absolute Gasteiger partial charge is 0.233 e. The monoisotopic (exact) mass is 312 g/mol.